The van der Waals surface area contributed by atoms with Crippen molar-refractivity contribution in [1.29, 1.82) is 0 Å². The molecule has 0 radical (unpaired) electrons. The Morgan fingerprint density at radius 1 is 1.26 bits per heavy atom. The van der Waals surface area contributed by atoms with Gasteiger partial charge < -0.3 is 19.1 Å². The van der Waals surface area contributed by atoms with Crippen LogP contribution in [0.15, 0.2) is 39.4 Å². The first-order chi connectivity index (χ1) is 16.7. The lowest BCUT2D eigenvalue weighted by molar-refractivity contribution is 0.0595. The number of rotatable bonds is 9. The third kappa shape index (κ3) is 4.69. The quantitative estimate of drug-likeness (QED) is 0.429. The van der Waals surface area contributed by atoms with Crippen molar-refractivity contribution in [3.8, 4) is 29.4 Å². The molecule has 0 amide bonds. The maximum Gasteiger partial charge on any atom is 0.341 e. The van der Waals surface area contributed by atoms with Crippen molar-refractivity contribution in [2.75, 3.05) is 13.7 Å². The highest BCUT2D eigenvalue weighted by Gasteiger charge is 2.39. The average molecular weight is 478 g/mol. The number of hydrogen-bond acceptors (Lipinski definition) is 7. The molecule has 0 saturated heterocycles. The number of pyridine rings is 1. The van der Waals surface area contributed by atoms with Crippen molar-refractivity contribution in [2.45, 2.75) is 51.2 Å². The van der Waals surface area contributed by atoms with Gasteiger partial charge in [-0.05, 0) is 30.0 Å². The summed E-state index contributed by atoms with van der Waals surface area (Å²) in [5, 5.41) is 17.7. The predicted octanol–water partition coefficient (Wildman–Crippen LogP) is 4.10. The molecule has 182 valence electrons. The first-order valence-electron chi connectivity index (χ1n) is 11.4. The number of carboxylic acid groups (broad SMARTS) is 1. The zero-order chi connectivity index (χ0) is 25.3. The lowest BCUT2D eigenvalue weighted by Crippen LogP contribution is -2.28. The van der Waals surface area contributed by atoms with Crippen LogP contribution in [0.4, 0.5) is 0 Å². The van der Waals surface area contributed by atoms with Crippen LogP contribution in [0.1, 0.15) is 65.4 Å². The Kier molecular flexibility index (Phi) is 6.48. The van der Waals surface area contributed by atoms with Crippen LogP contribution in [-0.2, 0) is 11.2 Å². The minimum absolute atomic E-state index is 0.0795. The number of carbonyl (C=O) groups is 2. The van der Waals surface area contributed by atoms with Crippen LogP contribution in [0.5, 0.6) is 5.75 Å². The molecular formula is C26H27N3O6. The molecule has 2 aliphatic heterocycles. The highest BCUT2D eigenvalue weighted by Crippen LogP contribution is 2.41. The van der Waals surface area contributed by atoms with Gasteiger partial charge in [0.1, 0.15) is 16.9 Å². The number of carboxylic acids is 1. The van der Waals surface area contributed by atoms with Crippen molar-refractivity contribution in [2.24, 2.45) is 16.1 Å². The summed E-state index contributed by atoms with van der Waals surface area (Å²) in [5.74, 6) is 1.28. The largest absolute Gasteiger partial charge is 0.493 e. The van der Waals surface area contributed by atoms with Gasteiger partial charge in [-0.1, -0.05) is 13.8 Å². The second-order valence-corrected chi connectivity index (χ2v) is 9.15. The molecule has 2 aromatic rings. The zero-order valence-corrected chi connectivity index (χ0v) is 19.9. The summed E-state index contributed by atoms with van der Waals surface area (Å²) in [6.07, 6.45) is 9.09. The number of ether oxygens (including phenoxy) is 2. The van der Waals surface area contributed by atoms with E-state index >= 15 is 0 Å². The van der Waals surface area contributed by atoms with E-state index in [1.807, 2.05) is 24.5 Å². The SMILES string of the molecule is C#CCCC1(CCOc2cc3c(cc2C(=O)OC)-c2cc(=O)c(C(=O)O)cn2[C@@H](C(C)C)C3)N=N1. The summed E-state index contributed by atoms with van der Waals surface area (Å²) in [6, 6.07) is 4.71. The van der Waals surface area contributed by atoms with Gasteiger partial charge in [0.05, 0.1) is 19.4 Å². The molecule has 0 saturated carbocycles. The molecule has 4 rings (SSSR count). The number of benzene rings is 1. The second-order valence-electron chi connectivity index (χ2n) is 9.15. The minimum atomic E-state index is -1.27. The third-order valence-corrected chi connectivity index (χ3v) is 6.57. The molecule has 3 heterocycles. The van der Waals surface area contributed by atoms with Crippen LogP contribution >= 0.6 is 0 Å². The van der Waals surface area contributed by atoms with Crippen LogP contribution in [0.25, 0.3) is 11.3 Å². The zero-order valence-electron chi connectivity index (χ0n) is 19.9. The summed E-state index contributed by atoms with van der Waals surface area (Å²) in [4.78, 5) is 36.7. The Bertz CT molecular complexity index is 1310. The van der Waals surface area contributed by atoms with Crippen LogP contribution in [0.3, 0.4) is 0 Å². The van der Waals surface area contributed by atoms with Gasteiger partial charge in [-0.15, -0.1) is 12.3 Å². The van der Waals surface area contributed by atoms with Gasteiger partial charge in [0.2, 0.25) is 0 Å². The van der Waals surface area contributed by atoms with E-state index in [-0.39, 0.29) is 29.7 Å². The molecule has 0 aliphatic carbocycles. The highest BCUT2D eigenvalue weighted by atomic mass is 16.5. The first kappa shape index (κ1) is 24.2. The average Bonchev–Trinajstić information content (AvgIpc) is 3.60. The molecule has 0 unspecified atom stereocenters. The lowest BCUT2D eigenvalue weighted by Gasteiger charge is -2.33. The van der Waals surface area contributed by atoms with Gasteiger partial charge in [0.15, 0.2) is 11.1 Å². The maximum atomic E-state index is 12.6. The van der Waals surface area contributed by atoms with E-state index < -0.39 is 23.0 Å². The van der Waals surface area contributed by atoms with Crippen molar-refractivity contribution in [3.05, 3.63) is 51.3 Å². The van der Waals surface area contributed by atoms with E-state index in [2.05, 4.69) is 16.1 Å². The summed E-state index contributed by atoms with van der Waals surface area (Å²) in [6.45, 7) is 4.36. The fourth-order valence-corrected chi connectivity index (χ4v) is 4.49. The van der Waals surface area contributed by atoms with E-state index in [1.54, 1.807) is 6.07 Å². The molecule has 0 fully saturated rings. The Hall–Kier alpha value is -3.93. The van der Waals surface area contributed by atoms with E-state index in [9.17, 15) is 19.5 Å². The molecule has 0 bridgehead atoms. The van der Waals surface area contributed by atoms with Gasteiger partial charge in [-0.2, -0.15) is 10.2 Å². The number of hydrogen-bond donors (Lipinski definition) is 1. The Labute approximate surface area is 202 Å². The molecule has 1 aromatic heterocycles. The predicted molar refractivity (Wildman–Crippen MR) is 128 cm³/mol. The number of nitrogens with zero attached hydrogens (tertiary/aromatic N) is 3. The summed E-state index contributed by atoms with van der Waals surface area (Å²) < 4.78 is 12.8. The van der Waals surface area contributed by atoms with E-state index in [4.69, 9.17) is 15.9 Å². The Morgan fingerprint density at radius 2 is 2.00 bits per heavy atom. The molecule has 0 spiro atoms. The topological polar surface area (TPSA) is 120 Å². The molecule has 35 heavy (non-hydrogen) atoms. The van der Waals surface area contributed by atoms with Crippen LogP contribution < -0.4 is 10.2 Å². The number of methoxy groups -OCH3 is 1. The highest BCUT2D eigenvalue weighted by molar-refractivity contribution is 5.95. The number of aromatic nitrogens is 1. The first-order valence-corrected chi connectivity index (χ1v) is 11.4. The summed E-state index contributed by atoms with van der Waals surface area (Å²) in [5.41, 5.74) is 0.965. The van der Waals surface area contributed by atoms with Gasteiger partial charge in [0.25, 0.3) is 0 Å². The molecular weight excluding hydrogens is 450 g/mol. The van der Waals surface area contributed by atoms with Gasteiger partial charge in [-0.3, -0.25) is 4.79 Å². The van der Waals surface area contributed by atoms with Crippen molar-refractivity contribution < 1.29 is 24.2 Å². The fraction of sp³-hybridized carbons (Fsp3) is 0.423. The third-order valence-electron chi connectivity index (χ3n) is 6.57. The smallest absolute Gasteiger partial charge is 0.341 e. The fourth-order valence-electron chi connectivity index (χ4n) is 4.49. The maximum absolute atomic E-state index is 12.6. The molecule has 2 aliphatic rings. The molecule has 1 N–H and O–H groups in total. The Balaban J connectivity index is 1.73. The summed E-state index contributed by atoms with van der Waals surface area (Å²) in [7, 11) is 1.29. The number of esters is 1. The summed E-state index contributed by atoms with van der Waals surface area (Å²) >= 11 is 0. The van der Waals surface area contributed by atoms with Gasteiger partial charge in [-0.25, -0.2) is 9.59 Å². The monoisotopic (exact) mass is 477 g/mol. The molecule has 9 nitrogen and oxygen atoms in total. The number of aromatic carboxylic acids is 1. The van der Waals surface area contributed by atoms with E-state index in [0.717, 1.165) is 5.56 Å². The van der Waals surface area contributed by atoms with Crippen molar-refractivity contribution >= 4 is 11.9 Å². The normalized spacial score (nSPS) is 16.7. The van der Waals surface area contributed by atoms with E-state index in [0.29, 0.717) is 42.7 Å². The molecule has 9 heteroatoms. The molecule has 1 atom stereocenters. The van der Waals surface area contributed by atoms with Gasteiger partial charge in [0, 0.05) is 43.1 Å². The van der Waals surface area contributed by atoms with Gasteiger partial charge >= 0.3 is 11.9 Å². The van der Waals surface area contributed by atoms with E-state index in [1.165, 1.54) is 19.4 Å². The van der Waals surface area contributed by atoms with Crippen LogP contribution in [-0.4, -0.2) is 41.0 Å². The molecule has 1 aromatic carbocycles. The second kappa shape index (κ2) is 9.37. The van der Waals surface area contributed by atoms with Crippen LogP contribution in [0.2, 0.25) is 0 Å². The Morgan fingerprint density at radius 3 is 2.60 bits per heavy atom. The lowest BCUT2D eigenvalue weighted by atomic mass is 9.86. The number of fused-ring (bicyclic) bond motifs is 3. The van der Waals surface area contributed by atoms with Crippen molar-refractivity contribution in [3.63, 3.8) is 0 Å². The number of carbonyl (C=O) groups excluding carboxylic acids is 1. The van der Waals surface area contributed by atoms with Crippen molar-refractivity contribution in [1.82, 2.24) is 4.57 Å². The van der Waals surface area contributed by atoms with Crippen LogP contribution in [0, 0.1) is 18.3 Å². The standard InChI is InChI=1S/C26H27N3O6/c1-5-6-7-26(27-28-26)8-9-35-23-11-16-10-20(15(2)3)29-14-19(24(31)32)22(30)13-21(29)17(16)12-18(23)25(33)34-4/h1,11-15,20H,6-10H2,2-4H3,(H,31,32)/t20-/m1/s1. The minimum Gasteiger partial charge on any atom is -0.493 e. The number of terminal acetylenes is 1.